The molecule has 0 spiro atoms. The minimum Gasteiger partial charge on any atom is -0.507 e. The number of carbonyl (C=O) groups is 2. The van der Waals surface area contributed by atoms with Crippen molar-refractivity contribution in [2.75, 3.05) is 11.5 Å². The molecule has 0 saturated carbocycles. The summed E-state index contributed by atoms with van der Waals surface area (Å²) in [5.41, 5.74) is 2.59. The summed E-state index contributed by atoms with van der Waals surface area (Å²) in [6.45, 7) is 2.35. The quantitative estimate of drug-likeness (QED) is 0.195. The lowest BCUT2D eigenvalue weighted by molar-refractivity contribution is -0.132. The first-order valence-corrected chi connectivity index (χ1v) is 11.6. The van der Waals surface area contributed by atoms with Gasteiger partial charge in [-0.15, -0.1) is 0 Å². The Morgan fingerprint density at radius 2 is 1.82 bits per heavy atom. The van der Waals surface area contributed by atoms with Crippen LogP contribution in [0.1, 0.15) is 24.1 Å². The normalized spacial score (nSPS) is 17.5. The molecule has 1 saturated heterocycles. The monoisotopic (exact) mass is 516 g/mol. The van der Waals surface area contributed by atoms with Crippen molar-refractivity contribution in [3.8, 4) is 5.75 Å². The standard InChI is InChI=1S/C27H21BrN2O4/c1-2-34-19-7-5-6-18(14-19)30-24(21-15-29-22-9-4-3-8-20(21)22)23(26(32)27(30)33)25(31)16-10-12-17(28)13-11-16/h3-15,24,29,31H,2H2,1H3/b25-23+. The largest absolute Gasteiger partial charge is 0.507 e. The summed E-state index contributed by atoms with van der Waals surface area (Å²) < 4.78 is 6.46. The molecule has 1 unspecified atom stereocenters. The summed E-state index contributed by atoms with van der Waals surface area (Å²) in [5.74, 6) is -1.07. The molecule has 7 heteroatoms. The number of para-hydroxylation sites is 1. The van der Waals surface area contributed by atoms with E-state index < -0.39 is 17.7 Å². The lowest BCUT2D eigenvalue weighted by atomic mass is 9.94. The van der Waals surface area contributed by atoms with Gasteiger partial charge in [-0.05, 0) is 37.3 Å². The number of aliphatic hydroxyl groups is 1. The molecule has 1 amide bonds. The molecule has 1 aliphatic heterocycles. The highest BCUT2D eigenvalue weighted by Crippen LogP contribution is 2.44. The zero-order chi connectivity index (χ0) is 23.8. The van der Waals surface area contributed by atoms with Crippen LogP contribution in [0.5, 0.6) is 5.75 Å². The molecule has 0 bridgehead atoms. The molecule has 1 atom stereocenters. The van der Waals surface area contributed by atoms with Crippen LogP contribution >= 0.6 is 15.9 Å². The van der Waals surface area contributed by atoms with E-state index in [1.54, 1.807) is 54.7 Å². The number of H-pyrrole nitrogens is 1. The zero-order valence-corrected chi connectivity index (χ0v) is 19.9. The van der Waals surface area contributed by atoms with E-state index in [4.69, 9.17) is 4.74 Å². The predicted octanol–water partition coefficient (Wildman–Crippen LogP) is 5.96. The number of aromatic amines is 1. The first-order valence-electron chi connectivity index (χ1n) is 10.9. The molecule has 4 aromatic rings. The summed E-state index contributed by atoms with van der Waals surface area (Å²) in [6.07, 6.45) is 1.79. The summed E-state index contributed by atoms with van der Waals surface area (Å²) in [5, 5.41) is 12.1. The molecule has 5 rings (SSSR count). The Bertz CT molecular complexity index is 1440. The van der Waals surface area contributed by atoms with Gasteiger partial charge in [-0.3, -0.25) is 14.5 Å². The fourth-order valence-electron chi connectivity index (χ4n) is 4.37. The molecular weight excluding hydrogens is 496 g/mol. The maximum absolute atomic E-state index is 13.4. The number of benzene rings is 3. The minimum absolute atomic E-state index is 0.0406. The molecule has 2 N–H and O–H groups in total. The smallest absolute Gasteiger partial charge is 0.300 e. The van der Waals surface area contributed by atoms with Crippen LogP contribution < -0.4 is 9.64 Å². The number of halogens is 1. The van der Waals surface area contributed by atoms with Crippen molar-refractivity contribution < 1.29 is 19.4 Å². The van der Waals surface area contributed by atoms with E-state index in [2.05, 4.69) is 20.9 Å². The maximum atomic E-state index is 13.4. The van der Waals surface area contributed by atoms with E-state index >= 15 is 0 Å². The highest BCUT2D eigenvalue weighted by molar-refractivity contribution is 9.10. The van der Waals surface area contributed by atoms with Gasteiger partial charge in [0.2, 0.25) is 0 Å². The van der Waals surface area contributed by atoms with Crippen molar-refractivity contribution in [1.82, 2.24) is 4.98 Å². The van der Waals surface area contributed by atoms with Gasteiger partial charge in [-0.2, -0.15) is 0 Å². The van der Waals surface area contributed by atoms with Crippen LogP contribution in [0.3, 0.4) is 0 Å². The second-order valence-corrected chi connectivity index (χ2v) is 8.81. The van der Waals surface area contributed by atoms with Crippen LogP contribution in [0.15, 0.2) is 89.0 Å². The third kappa shape index (κ3) is 3.68. The van der Waals surface area contributed by atoms with E-state index in [0.29, 0.717) is 23.6 Å². The Morgan fingerprint density at radius 1 is 1.06 bits per heavy atom. The fourth-order valence-corrected chi connectivity index (χ4v) is 4.63. The molecule has 2 heterocycles. The van der Waals surface area contributed by atoms with Crippen LogP contribution in [0, 0.1) is 0 Å². The number of ketones is 1. The van der Waals surface area contributed by atoms with Gasteiger partial charge in [0.05, 0.1) is 18.2 Å². The first-order chi connectivity index (χ1) is 16.5. The topological polar surface area (TPSA) is 82.6 Å². The molecule has 3 aromatic carbocycles. The second-order valence-electron chi connectivity index (χ2n) is 7.90. The number of nitrogens with one attached hydrogen (secondary N) is 1. The Labute approximate surface area is 204 Å². The van der Waals surface area contributed by atoms with Crippen molar-refractivity contribution in [3.05, 3.63) is 100 Å². The van der Waals surface area contributed by atoms with Crippen molar-refractivity contribution >= 4 is 50.0 Å². The van der Waals surface area contributed by atoms with Gasteiger partial charge in [0.15, 0.2) is 0 Å². The fraction of sp³-hybridized carbons (Fsp3) is 0.111. The number of aromatic nitrogens is 1. The van der Waals surface area contributed by atoms with Crippen molar-refractivity contribution in [2.45, 2.75) is 13.0 Å². The number of fused-ring (bicyclic) bond motifs is 1. The number of anilines is 1. The van der Waals surface area contributed by atoms with Crippen molar-refractivity contribution in [3.63, 3.8) is 0 Å². The van der Waals surface area contributed by atoms with Gasteiger partial charge in [-0.1, -0.05) is 52.3 Å². The number of amides is 1. The average molecular weight is 517 g/mol. The molecule has 0 radical (unpaired) electrons. The van der Waals surface area contributed by atoms with Crippen molar-refractivity contribution in [1.29, 1.82) is 0 Å². The van der Waals surface area contributed by atoms with E-state index in [9.17, 15) is 14.7 Å². The first kappa shape index (κ1) is 22.0. The maximum Gasteiger partial charge on any atom is 0.300 e. The second kappa shape index (κ2) is 8.83. The number of aliphatic hydroxyl groups excluding tert-OH is 1. The number of rotatable bonds is 5. The lowest BCUT2D eigenvalue weighted by Crippen LogP contribution is -2.29. The number of Topliss-reactive ketones (excluding diaryl/α,β-unsaturated/α-hetero) is 1. The Balaban J connectivity index is 1.75. The van der Waals surface area contributed by atoms with E-state index in [1.165, 1.54) is 4.90 Å². The van der Waals surface area contributed by atoms with Gasteiger partial charge in [0, 0.05) is 44.5 Å². The number of hydrogen-bond donors (Lipinski definition) is 2. The third-order valence-corrected chi connectivity index (χ3v) is 6.41. The summed E-state index contributed by atoms with van der Waals surface area (Å²) in [7, 11) is 0. The third-order valence-electron chi connectivity index (χ3n) is 5.88. The van der Waals surface area contributed by atoms with Gasteiger partial charge in [-0.25, -0.2) is 0 Å². The van der Waals surface area contributed by atoms with Crippen LogP contribution in [-0.2, 0) is 9.59 Å². The molecule has 1 aliphatic rings. The van der Waals surface area contributed by atoms with Gasteiger partial charge in [0.1, 0.15) is 11.5 Å². The molecule has 0 aliphatic carbocycles. The van der Waals surface area contributed by atoms with E-state index in [-0.39, 0.29) is 11.3 Å². The molecule has 170 valence electrons. The van der Waals surface area contributed by atoms with Gasteiger partial charge in [0.25, 0.3) is 11.7 Å². The molecular formula is C27H21BrN2O4. The highest BCUT2D eigenvalue weighted by atomic mass is 79.9. The Kier molecular flexibility index (Phi) is 5.71. The van der Waals surface area contributed by atoms with Crippen LogP contribution in [0.2, 0.25) is 0 Å². The summed E-state index contributed by atoms with van der Waals surface area (Å²) in [4.78, 5) is 31.4. The minimum atomic E-state index is -0.823. The molecule has 1 fully saturated rings. The molecule has 34 heavy (non-hydrogen) atoms. The van der Waals surface area contributed by atoms with Gasteiger partial charge >= 0.3 is 0 Å². The number of ether oxygens (including phenoxy) is 1. The van der Waals surface area contributed by atoms with Gasteiger partial charge < -0.3 is 14.8 Å². The predicted molar refractivity (Wildman–Crippen MR) is 135 cm³/mol. The number of nitrogens with zero attached hydrogens (tertiary/aromatic N) is 1. The SMILES string of the molecule is CCOc1cccc(N2C(=O)C(=O)/C(=C(/O)c3ccc(Br)cc3)C2c2c[nH]c3ccccc23)c1. The van der Waals surface area contributed by atoms with Crippen LogP contribution in [0.4, 0.5) is 5.69 Å². The van der Waals surface area contributed by atoms with E-state index in [1.807, 2.05) is 31.2 Å². The van der Waals surface area contributed by atoms with Crippen LogP contribution in [0.25, 0.3) is 16.7 Å². The molecule has 6 nitrogen and oxygen atoms in total. The zero-order valence-electron chi connectivity index (χ0n) is 18.3. The summed E-state index contributed by atoms with van der Waals surface area (Å²) in [6, 6.07) is 20.9. The average Bonchev–Trinajstić information content (AvgIpc) is 3.38. The lowest BCUT2D eigenvalue weighted by Gasteiger charge is -2.25. The number of hydrogen-bond acceptors (Lipinski definition) is 4. The Morgan fingerprint density at radius 3 is 2.59 bits per heavy atom. The van der Waals surface area contributed by atoms with E-state index in [0.717, 1.165) is 20.9 Å². The van der Waals surface area contributed by atoms with Crippen molar-refractivity contribution in [2.24, 2.45) is 0 Å². The molecule has 1 aromatic heterocycles. The summed E-state index contributed by atoms with van der Waals surface area (Å²) >= 11 is 3.39. The highest BCUT2D eigenvalue weighted by Gasteiger charge is 2.47. The number of carbonyl (C=O) groups excluding carboxylic acids is 2. The Hall–Kier alpha value is -3.84. The van der Waals surface area contributed by atoms with Crippen LogP contribution in [-0.4, -0.2) is 28.4 Å².